The molecule has 0 amide bonds. The largest absolute Gasteiger partial charge is 0.493 e. The molecule has 34 heavy (non-hydrogen) atoms. The normalized spacial score (nSPS) is 11.1. The van der Waals surface area contributed by atoms with E-state index in [0.29, 0.717) is 34.2 Å². The number of methoxy groups -OCH3 is 4. The number of ether oxygens (including phenoxy) is 4. The molecule has 0 fully saturated rings. The number of Topliss-reactive ketones (excluding diaryl/α,β-unsaturated/α-hetero) is 1. The van der Waals surface area contributed by atoms with Gasteiger partial charge in [-0.3, -0.25) is 9.79 Å². The first-order valence-electron chi connectivity index (χ1n) is 10.5. The summed E-state index contributed by atoms with van der Waals surface area (Å²) in [5, 5.41) is 0. The van der Waals surface area contributed by atoms with Gasteiger partial charge in [-0.25, -0.2) is 0 Å². The van der Waals surface area contributed by atoms with Crippen LogP contribution in [0, 0.1) is 0 Å². The maximum absolute atomic E-state index is 12.4. The fourth-order valence-electron chi connectivity index (χ4n) is 3.35. The summed E-state index contributed by atoms with van der Waals surface area (Å²) in [6.45, 7) is 0. The molecule has 3 aromatic rings. The molecule has 0 radical (unpaired) electrons. The van der Waals surface area contributed by atoms with Crippen LogP contribution < -0.4 is 18.9 Å². The van der Waals surface area contributed by atoms with Crippen LogP contribution in [0.2, 0.25) is 0 Å². The Morgan fingerprint density at radius 3 is 1.97 bits per heavy atom. The first-order chi connectivity index (χ1) is 16.5. The number of ketones is 1. The lowest BCUT2D eigenvalue weighted by Gasteiger charge is -2.13. The van der Waals surface area contributed by atoms with Crippen LogP contribution in [0.3, 0.4) is 0 Å². The highest BCUT2D eigenvalue weighted by Crippen LogP contribution is 2.39. The van der Waals surface area contributed by atoms with Crippen molar-refractivity contribution in [3.8, 4) is 23.0 Å². The standard InChI is InChI=1S/C27H26BrNO5/c1-31-24-16-19(17-25(32-2)27(24)34-4)11-10-18-14-21(28)26(33-3)22(15-18)29-13-12-23(30)20-8-6-5-7-9-20/h5-11,13-17H,12H2,1-4H3/b11-10-,29-13?. The molecule has 0 bridgehead atoms. The predicted molar refractivity (Wildman–Crippen MR) is 139 cm³/mol. The van der Waals surface area contributed by atoms with Crippen molar-refractivity contribution in [3.63, 3.8) is 0 Å². The van der Waals surface area contributed by atoms with E-state index >= 15 is 0 Å². The second-order valence-electron chi connectivity index (χ2n) is 7.15. The number of aliphatic imine (C=N–C) groups is 1. The number of benzene rings is 3. The second kappa shape index (κ2) is 12.0. The molecule has 0 saturated carbocycles. The van der Waals surface area contributed by atoms with E-state index in [-0.39, 0.29) is 12.2 Å². The Kier molecular flexibility index (Phi) is 8.87. The first kappa shape index (κ1) is 25.1. The summed E-state index contributed by atoms with van der Waals surface area (Å²) in [6.07, 6.45) is 5.67. The second-order valence-corrected chi connectivity index (χ2v) is 8.01. The van der Waals surface area contributed by atoms with Crippen molar-refractivity contribution < 1.29 is 23.7 Å². The van der Waals surface area contributed by atoms with Crippen molar-refractivity contribution in [2.24, 2.45) is 4.99 Å². The third kappa shape index (κ3) is 6.05. The Labute approximate surface area is 208 Å². The Morgan fingerprint density at radius 2 is 1.41 bits per heavy atom. The number of rotatable bonds is 10. The van der Waals surface area contributed by atoms with Gasteiger partial charge in [-0.2, -0.15) is 0 Å². The zero-order valence-corrected chi connectivity index (χ0v) is 21.1. The van der Waals surface area contributed by atoms with Gasteiger partial charge in [-0.1, -0.05) is 42.5 Å². The molecule has 0 N–H and O–H groups in total. The molecule has 0 saturated heterocycles. The third-order valence-electron chi connectivity index (χ3n) is 5.01. The van der Waals surface area contributed by atoms with E-state index in [2.05, 4.69) is 20.9 Å². The summed E-state index contributed by atoms with van der Waals surface area (Å²) in [5.74, 6) is 2.28. The highest BCUT2D eigenvalue weighted by Gasteiger charge is 2.13. The van der Waals surface area contributed by atoms with Crippen LogP contribution in [0.25, 0.3) is 12.2 Å². The van der Waals surface area contributed by atoms with Crippen LogP contribution in [0.5, 0.6) is 23.0 Å². The van der Waals surface area contributed by atoms with E-state index in [0.717, 1.165) is 15.6 Å². The molecule has 0 spiro atoms. The molecule has 3 aromatic carbocycles. The summed E-state index contributed by atoms with van der Waals surface area (Å²) in [4.78, 5) is 16.9. The van der Waals surface area contributed by atoms with Crippen LogP contribution in [0.4, 0.5) is 5.69 Å². The van der Waals surface area contributed by atoms with E-state index in [1.165, 1.54) is 0 Å². The Morgan fingerprint density at radius 1 is 0.824 bits per heavy atom. The number of hydrogen-bond donors (Lipinski definition) is 0. The zero-order chi connectivity index (χ0) is 24.5. The van der Waals surface area contributed by atoms with E-state index in [1.807, 2.05) is 54.6 Å². The number of carbonyl (C=O) groups is 1. The number of carbonyl (C=O) groups excluding carboxylic acids is 1. The molecule has 0 aromatic heterocycles. The predicted octanol–water partition coefficient (Wildman–Crippen LogP) is 6.63. The van der Waals surface area contributed by atoms with Gasteiger partial charge in [0.1, 0.15) is 5.69 Å². The minimum absolute atomic E-state index is 0.000772. The molecule has 0 heterocycles. The van der Waals surface area contributed by atoms with Gasteiger partial charge in [-0.05, 0) is 51.3 Å². The number of halogens is 1. The monoisotopic (exact) mass is 523 g/mol. The van der Waals surface area contributed by atoms with E-state index in [4.69, 9.17) is 18.9 Å². The summed E-state index contributed by atoms with van der Waals surface area (Å²) >= 11 is 3.55. The molecule has 0 atom stereocenters. The van der Waals surface area contributed by atoms with Gasteiger partial charge in [0, 0.05) is 18.2 Å². The molecule has 0 aliphatic rings. The van der Waals surface area contributed by atoms with Crippen LogP contribution in [-0.2, 0) is 0 Å². The van der Waals surface area contributed by atoms with Crippen molar-refractivity contribution in [2.45, 2.75) is 6.42 Å². The van der Waals surface area contributed by atoms with Gasteiger partial charge in [0.15, 0.2) is 23.0 Å². The molecular formula is C27H26BrNO5. The first-order valence-corrected chi connectivity index (χ1v) is 11.3. The Bertz CT molecular complexity index is 1180. The van der Waals surface area contributed by atoms with Gasteiger partial charge < -0.3 is 18.9 Å². The zero-order valence-electron chi connectivity index (χ0n) is 19.5. The number of hydrogen-bond acceptors (Lipinski definition) is 6. The summed E-state index contributed by atoms with van der Waals surface area (Å²) in [6, 6.07) is 16.7. The molecule has 0 aliphatic heterocycles. The van der Waals surface area contributed by atoms with Crippen molar-refractivity contribution >= 4 is 45.8 Å². The van der Waals surface area contributed by atoms with Gasteiger partial charge in [0.25, 0.3) is 0 Å². The quantitative estimate of drug-likeness (QED) is 0.169. The van der Waals surface area contributed by atoms with Crippen molar-refractivity contribution in [1.29, 1.82) is 0 Å². The van der Waals surface area contributed by atoms with Crippen LogP contribution in [-0.4, -0.2) is 40.4 Å². The summed E-state index contributed by atoms with van der Waals surface area (Å²) in [5.41, 5.74) is 3.04. The maximum Gasteiger partial charge on any atom is 0.203 e. The minimum Gasteiger partial charge on any atom is -0.493 e. The lowest BCUT2D eigenvalue weighted by Crippen LogP contribution is -1.98. The molecular weight excluding hydrogens is 498 g/mol. The van der Waals surface area contributed by atoms with Crippen molar-refractivity contribution in [1.82, 2.24) is 0 Å². The molecule has 176 valence electrons. The molecule has 6 nitrogen and oxygen atoms in total. The van der Waals surface area contributed by atoms with Crippen LogP contribution >= 0.6 is 15.9 Å². The van der Waals surface area contributed by atoms with E-state index < -0.39 is 0 Å². The molecule has 3 rings (SSSR count). The van der Waals surface area contributed by atoms with Crippen LogP contribution in [0.15, 0.2) is 64.1 Å². The van der Waals surface area contributed by atoms with Crippen molar-refractivity contribution in [3.05, 3.63) is 75.8 Å². The SMILES string of the molecule is COc1cc(/C=C\c2cc(Br)c(OC)c(N=CCC(=O)c3ccccc3)c2)cc(OC)c1OC. The maximum atomic E-state index is 12.4. The lowest BCUT2D eigenvalue weighted by molar-refractivity contribution is 0.100. The fraction of sp³-hybridized carbons (Fsp3) is 0.185. The van der Waals surface area contributed by atoms with Crippen molar-refractivity contribution in [2.75, 3.05) is 28.4 Å². The summed E-state index contributed by atoms with van der Waals surface area (Å²) < 4.78 is 22.5. The average Bonchev–Trinajstić information content (AvgIpc) is 2.87. The highest BCUT2D eigenvalue weighted by atomic mass is 79.9. The van der Waals surface area contributed by atoms with Gasteiger partial charge in [0.2, 0.25) is 5.75 Å². The van der Waals surface area contributed by atoms with E-state index in [1.54, 1.807) is 46.8 Å². The Hall–Kier alpha value is -3.58. The summed E-state index contributed by atoms with van der Waals surface area (Å²) in [7, 11) is 6.32. The van der Waals surface area contributed by atoms with Crippen LogP contribution in [0.1, 0.15) is 27.9 Å². The topological polar surface area (TPSA) is 66.4 Å². The Balaban J connectivity index is 1.86. The number of nitrogens with zero attached hydrogens (tertiary/aromatic N) is 1. The average molecular weight is 524 g/mol. The molecule has 7 heteroatoms. The third-order valence-corrected chi connectivity index (χ3v) is 5.60. The fourth-order valence-corrected chi connectivity index (χ4v) is 3.98. The van der Waals surface area contributed by atoms with E-state index in [9.17, 15) is 4.79 Å². The minimum atomic E-state index is 0.000772. The van der Waals surface area contributed by atoms with Gasteiger partial charge in [-0.15, -0.1) is 0 Å². The van der Waals surface area contributed by atoms with Gasteiger partial charge in [0.05, 0.1) is 32.9 Å². The smallest absolute Gasteiger partial charge is 0.203 e. The lowest BCUT2D eigenvalue weighted by atomic mass is 10.1. The van der Waals surface area contributed by atoms with Gasteiger partial charge >= 0.3 is 0 Å². The molecule has 0 aliphatic carbocycles. The highest BCUT2D eigenvalue weighted by molar-refractivity contribution is 9.10. The molecule has 0 unspecified atom stereocenters.